The molecule has 2 N–H and O–H groups in total. The lowest BCUT2D eigenvalue weighted by Gasteiger charge is -2.36. The van der Waals surface area contributed by atoms with Crippen molar-refractivity contribution in [2.45, 2.75) is 56.9 Å². The van der Waals surface area contributed by atoms with Crippen LogP contribution in [0.25, 0.3) is 0 Å². The zero-order chi connectivity index (χ0) is 21.3. The smallest absolute Gasteiger partial charge is 0.191 e. The van der Waals surface area contributed by atoms with Gasteiger partial charge in [0, 0.05) is 54.5 Å². The largest absolute Gasteiger partial charge is 0.379 e. The number of morpholine rings is 1. The van der Waals surface area contributed by atoms with Gasteiger partial charge in [-0.1, -0.05) is 43.2 Å². The number of ether oxygens (including phenoxy) is 1. The van der Waals surface area contributed by atoms with Crippen LogP contribution in [-0.2, 0) is 15.5 Å². The maximum atomic E-state index is 12.3. The van der Waals surface area contributed by atoms with Crippen LogP contribution in [0, 0.1) is 6.92 Å². The normalized spacial score (nSPS) is 24.7. The van der Waals surface area contributed by atoms with Crippen LogP contribution in [0.3, 0.4) is 0 Å². The van der Waals surface area contributed by atoms with Gasteiger partial charge in [-0.15, -0.1) is 24.0 Å². The first-order valence-electron chi connectivity index (χ1n) is 11.3. The molecule has 2 fully saturated rings. The van der Waals surface area contributed by atoms with Gasteiger partial charge in [0.05, 0.1) is 19.3 Å². The number of nitrogens with one attached hydrogen (secondary N) is 2. The molecule has 6 nitrogen and oxygen atoms in total. The summed E-state index contributed by atoms with van der Waals surface area (Å²) < 4.78 is 17.8. The molecule has 4 atom stereocenters. The molecular weight excluding hydrogens is 523 g/mol. The Hall–Kier alpha value is -0.710. The van der Waals surface area contributed by atoms with E-state index in [0.717, 1.165) is 70.2 Å². The Morgan fingerprint density at radius 1 is 1.26 bits per heavy atom. The van der Waals surface area contributed by atoms with Crippen LogP contribution < -0.4 is 10.6 Å². The molecule has 3 rings (SSSR count). The minimum Gasteiger partial charge on any atom is -0.379 e. The van der Waals surface area contributed by atoms with E-state index in [1.54, 1.807) is 0 Å². The van der Waals surface area contributed by atoms with Gasteiger partial charge in [-0.25, -0.2) is 0 Å². The molecule has 8 heteroatoms. The van der Waals surface area contributed by atoms with Gasteiger partial charge < -0.3 is 15.4 Å². The molecule has 1 aliphatic heterocycles. The summed E-state index contributed by atoms with van der Waals surface area (Å²) in [6.07, 6.45) is 4.29. The Morgan fingerprint density at radius 2 is 1.97 bits per heavy atom. The van der Waals surface area contributed by atoms with Crippen molar-refractivity contribution in [3.8, 4) is 0 Å². The van der Waals surface area contributed by atoms with Crippen molar-refractivity contribution in [2.75, 3.05) is 45.6 Å². The van der Waals surface area contributed by atoms with E-state index < -0.39 is 10.8 Å². The van der Waals surface area contributed by atoms with Crippen LogP contribution >= 0.6 is 24.0 Å². The van der Waals surface area contributed by atoms with Crippen molar-refractivity contribution in [3.63, 3.8) is 0 Å². The Bertz CT molecular complexity index is 710. The molecule has 2 aliphatic rings. The van der Waals surface area contributed by atoms with E-state index in [4.69, 9.17) is 4.74 Å². The highest BCUT2D eigenvalue weighted by Crippen LogP contribution is 2.24. The summed E-state index contributed by atoms with van der Waals surface area (Å²) in [5.74, 6) is 1.59. The van der Waals surface area contributed by atoms with E-state index in [-0.39, 0.29) is 30.0 Å². The summed E-state index contributed by atoms with van der Waals surface area (Å²) in [4.78, 5) is 6.97. The van der Waals surface area contributed by atoms with Crippen LogP contribution in [0.1, 0.15) is 49.8 Å². The molecular formula is C23H39IN4O2S. The van der Waals surface area contributed by atoms with Crippen molar-refractivity contribution in [1.29, 1.82) is 0 Å². The SMILES string of the molecule is CCS(=O)C1CCCC(NC(=NC)NCC(c2ccc(C)cc2)N2CCOCC2)C1.I. The van der Waals surface area contributed by atoms with E-state index in [1.807, 2.05) is 14.0 Å². The first-order chi connectivity index (χ1) is 14.6. The van der Waals surface area contributed by atoms with E-state index >= 15 is 0 Å². The lowest BCUT2D eigenvalue weighted by atomic mass is 9.95. The van der Waals surface area contributed by atoms with Gasteiger partial charge in [0.1, 0.15) is 0 Å². The van der Waals surface area contributed by atoms with Crippen LogP contribution in [0.4, 0.5) is 0 Å². The lowest BCUT2D eigenvalue weighted by molar-refractivity contribution is 0.0170. The molecule has 176 valence electrons. The van der Waals surface area contributed by atoms with Crippen molar-refractivity contribution in [1.82, 2.24) is 15.5 Å². The number of benzene rings is 1. The van der Waals surface area contributed by atoms with Crippen LogP contribution in [0.5, 0.6) is 0 Å². The van der Waals surface area contributed by atoms with Crippen LogP contribution in [0.15, 0.2) is 29.3 Å². The molecule has 1 saturated heterocycles. The summed E-state index contributed by atoms with van der Waals surface area (Å²) in [6, 6.07) is 9.46. The third-order valence-corrected chi connectivity index (χ3v) is 8.00. The fraction of sp³-hybridized carbons (Fsp3) is 0.696. The maximum Gasteiger partial charge on any atom is 0.191 e. The topological polar surface area (TPSA) is 66.0 Å². The Labute approximate surface area is 207 Å². The molecule has 1 saturated carbocycles. The average Bonchev–Trinajstić information content (AvgIpc) is 2.79. The number of aliphatic imine (C=N–C) groups is 1. The van der Waals surface area contributed by atoms with Gasteiger partial charge in [-0.05, 0) is 31.7 Å². The second-order valence-electron chi connectivity index (χ2n) is 8.33. The Balaban J connectivity index is 0.00000341. The number of halogens is 1. The minimum atomic E-state index is -0.711. The fourth-order valence-corrected chi connectivity index (χ4v) is 5.82. The van der Waals surface area contributed by atoms with Gasteiger partial charge in [0.25, 0.3) is 0 Å². The number of aryl methyl sites for hydroxylation is 1. The van der Waals surface area contributed by atoms with Gasteiger partial charge >= 0.3 is 0 Å². The zero-order valence-electron chi connectivity index (χ0n) is 19.1. The zero-order valence-corrected chi connectivity index (χ0v) is 22.3. The molecule has 1 heterocycles. The highest BCUT2D eigenvalue weighted by molar-refractivity contribution is 14.0. The number of rotatable bonds is 7. The summed E-state index contributed by atoms with van der Waals surface area (Å²) in [5, 5.41) is 7.47. The highest BCUT2D eigenvalue weighted by atomic mass is 127. The minimum absolute atomic E-state index is 0. The van der Waals surface area contributed by atoms with Crippen molar-refractivity contribution < 1.29 is 8.95 Å². The number of guanidine groups is 1. The number of nitrogens with zero attached hydrogens (tertiary/aromatic N) is 2. The summed E-state index contributed by atoms with van der Waals surface area (Å²) in [5.41, 5.74) is 2.60. The van der Waals surface area contributed by atoms with Crippen LogP contribution in [-0.4, -0.2) is 72.0 Å². The molecule has 0 radical (unpaired) electrons. The van der Waals surface area contributed by atoms with Crippen molar-refractivity contribution in [3.05, 3.63) is 35.4 Å². The monoisotopic (exact) mass is 562 g/mol. The van der Waals surface area contributed by atoms with Gasteiger partial charge in [-0.3, -0.25) is 14.1 Å². The van der Waals surface area contributed by atoms with E-state index in [9.17, 15) is 4.21 Å². The van der Waals surface area contributed by atoms with Gasteiger partial charge in [0.2, 0.25) is 0 Å². The molecule has 0 bridgehead atoms. The fourth-order valence-electron chi connectivity index (χ4n) is 4.47. The van der Waals surface area contributed by atoms with Gasteiger partial charge in [0.15, 0.2) is 5.96 Å². The lowest BCUT2D eigenvalue weighted by Crippen LogP contribution is -2.49. The molecule has 1 aromatic rings. The summed E-state index contributed by atoms with van der Waals surface area (Å²) >= 11 is 0. The third-order valence-electron chi connectivity index (χ3n) is 6.26. The standard InChI is InChI=1S/C23H38N4O2S.HI/c1-4-30(28)21-7-5-6-20(16-21)26-23(24-3)25-17-22(27-12-14-29-15-13-27)19-10-8-18(2)9-11-19;/h8-11,20-22H,4-7,12-17H2,1-3H3,(H2,24,25,26);1H. The molecule has 0 amide bonds. The van der Waals surface area contributed by atoms with E-state index in [0.29, 0.717) is 11.3 Å². The number of hydrogen-bond donors (Lipinski definition) is 2. The molecule has 4 unspecified atom stereocenters. The van der Waals surface area contributed by atoms with Crippen molar-refractivity contribution in [2.24, 2.45) is 4.99 Å². The van der Waals surface area contributed by atoms with Crippen LogP contribution in [0.2, 0.25) is 0 Å². The maximum absolute atomic E-state index is 12.3. The Kier molecular flexibility index (Phi) is 11.8. The molecule has 0 aromatic heterocycles. The molecule has 0 spiro atoms. The Morgan fingerprint density at radius 3 is 2.61 bits per heavy atom. The predicted molar refractivity (Wildman–Crippen MR) is 141 cm³/mol. The van der Waals surface area contributed by atoms with E-state index in [2.05, 4.69) is 51.7 Å². The van der Waals surface area contributed by atoms with E-state index in [1.165, 1.54) is 11.1 Å². The molecule has 1 aromatic carbocycles. The first-order valence-corrected chi connectivity index (χ1v) is 12.7. The quantitative estimate of drug-likeness (QED) is 0.304. The predicted octanol–water partition coefficient (Wildman–Crippen LogP) is 3.23. The second kappa shape index (κ2) is 13.7. The average molecular weight is 563 g/mol. The van der Waals surface area contributed by atoms with Crippen molar-refractivity contribution >= 4 is 40.7 Å². The highest BCUT2D eigenvalue weighted by Gasteiger charge is 2.27. The summed E-state index contributed by atoms with van der Waals surface area (Å²) in [7, 11) is 1.12. The second-order valence-corrected chi connectivity index (χ2v) is 10.3. The number of hydrogen-bond acceptors (Lipinski definition) is 4. The van der Waals surface area contributed by atoms with Gasteiger partial charge in [-0.2, -0.15) is 0 Å². The summed E-state index contributed by atoms with van der Waals surface area (Å²) in [6.45, 7) is 8.39. The molecule has 1 aliphatic carbocycles. The third kappa shape index (κ3) is 7.98. The first kappa shape index (κ1) is 26.5. The molecule has 31 heavy (non-hydrogen) atoms.